The Morgan fingerprint density at radius 3 is 2.69 bits per heavy atom. The molecule has 2 atom stereocenters. The number of ether oxygens (including phenoxy) is 1. The van der Waals surface area contributed by atoms with Gasteiger partial charge in [0, 0.05) is 26.2 Å². The standard InChI is InChI=1S/C20H32N4O.HI/c1-16-8-4-5-9-19(16)25-17(2)14-22-20(21-3)24-13-10-18(15-24)23-11-6-7-12-23;/h4-5,8-9,17-18H,6-7,10-15H2,1-3H3,(H,21,22);1H. The van der Waals surface area contributed by atoms with Crippen LogP contribution in [0.1, 0.15) is 31.7 Å². The lowest BCUT2D eigenvalue weighted by molar-refractivity contribution is 0.220. The van der Waals surface area contributed by atoms with Crippen LogP contribution in [0.4, 0.5) is 0 Å². The molecule has 0 saturated carbocycles. The minimum Gasteiger partial charge on any atom is -0.489 e. The molecule has 146 valence electrons. The average Bonchev–Trinajstić information content (AvgIpc) is 3.29. The van der Waals surface area contributed by atoms with E-state index in [0.29, 0.717) is 6.04 Å². The molecule has 2 unspecified atom stereocenters. The zero-order valence-electron chi connectivity index (χ0n) is 16.3. The minimum absolute atomic E-state index is 0. The van der Waals surface area contributed by atoms with Crippen molar-refractivity contribution in [3.63, 3.8) is 0 Å². The first-order valence-electron chi connectivity index (χ1n) is 9.59. The molecule has 2 aliphatic heterocycles. The number of rotatable bonds is 5. The smallest absolute Gasteiger partial charge is 0.193 e. The van der Waals surface area contributed by atoms with Gasteiger partial charge in [-0.1, -0.05) is 18.2 Å². The quantitative estimate of drug-likeness (QED) is 0.406. The highest BCUT2D eigenvalue weighted by Gasteiger charge is 2.30. The molecule has 0 radical (unpaired) electrons. The van der Waals surface area contributed by atoms with Gasteiger partial charge < -0.3 is 15.0 Å². The summed E-state index contributed by atoms with van der Waals surface area (Å²) in [5.41, 5.74) is 1.17. The Hall–Kier alpha value is -1.02. The molecule has 2 saturated heterocycles. The monoisotopic (exact) mass is 472 g/mol. The van der Waals surface area contributed by atoms with Gasteiger partial charge in [-0.15, -0.1) is 24.0 Å². The molecule has 0 spiro atoms. The third kappa shape index (κ3) is 5.49. The zero-order valence-corrected chi connectivity index (χ0v) is 18.6. The third-order valence-electron chi connectivity index (χ3n) is 5.30. The minimum atomic E-state index is 0. The summed E-state index contributed by atoms with van der Waals surface area (Å²) in [6.07, 6.45) is 4.06. The SMILES string of the molecule is CN=C(NCC(C)Oc1ccccc1C)N1CCC(N2CCCC2)C1.I. The summed E-state index contributed by atoms with van der Waals surface area (Å²) >= 11 is 0. The number of halogens is 1. The fourth-order valence-corrected chi connectivity index (χ4v) is 3.85. The molecule has 2 fully saturated rings. The normalized spacial score (nSPS) is 22.2. The van der Waals surface area contributed by atoms with Crippen LogP contribution >= 0.6 is 24.0 Å². The largest absolute Gasteiger partial charge is 0.489 e. The molecule has 26 heavy (non-hydrogen) atoms. The van der Waals surface area contributed by atoms with E-state index in [-0.39, 0.29) is 30.1 Å². The second-order valence-electron chi connectivity index (χ2n) is 7.25. The van der Waals surface area contributed by atoms with Crippen molar-refractivity contribution in [1.29, 1.82) is 0 Å². The first-order chi connectivity index (χ1) is 12.2. The molecule has 0 bridgehead atoms. The molecule has 0 amide bonds. The number of aliphatic imine (C=N–C) groups is 1. The van der Waals surface area contributed by atoms with Crippen molar-refractivity contribution in [2.24, 2.45) is 4.99 Å². The lowest BCUT2D eigenvalue weighted by atomic mass is 10.2. The van der Waals surface area contributed by atoms with E-state index in [1.165, 1.54) is 37.9 Å². The van der Waals surface area contributed by atoms with Crippen molar-refractivity contribution in [2.75, 3.05) is 39.8 Å². The van der Waals surface area contributed by atoms with Crippen LogP contribution in [0, 0.1) is 6.92 Å². The van der Waals surface area contributed by atoms with Gasteiger partial charge in [0.2, 0.25) is 0 Å². The summed E-state index contributed by atoms with van der Waals surface area (Å²) < 4.78 is 6.06. The lowest BCUT2D eigenvalue weighted by Gasteiger charge is -2.26. The first-order valence-corrected chi connectivity index (χ1v) is 9.59. The Labute approximate surface area is 175 Å². The molecule has 1 aromatic carbocycles. The number of hydrogen-bond acceptors (Lipinski definition) is 3. The van der Waals surface area contributed by atoms with Crippen molar-refractivity contribution in [1.82, 2.24) is 15.1 Å². The van der Waals surface area contributed by atoms with E-state index < -0.39 is 0 Å². The second-order valence-corrected chi connectivity index (χ2v) is 7.25. The summed E-state index contributed by atoms with van der Waals surface area (Å²) in [6.45, 7) is 9.66. The van der Waals surface area contributed by atoms with Gasteiger partial charge in [0.1, 0.15) is 11.9 Å². The van der Waals surface area contributed by atoms with Crippen molar-refractivity contribution in [3.8, 4) is 5.75 Å². The maximum absolute atomic E-state index is 6.06. The molecule has 0 aliphatic carbocycles. The second kappa shape index (κ2) is 10.3. The molecule has 0 aromatic heterocycles. The summed E-state index contributed by atoms with van der Waals surface area (Å²) in [6, 6.07) is 8.86. The van der Waals surface area contributed by atoms with Crippen LogP contribution in [0.3, 0.4) is 0 Å². The fraction of sp³-hybridized carbons (Fsp3) is 0.650. The van der Waals surface area contributed by atoms with Crippen LogP contribution < -0.4 is 10.1 Å². The van der Waals surface area contributed by atoms with E-state index in [9.17, 15) is 0 Å². The van der Waals surface area contributed by atoms with Gasteiger partial charge >= 0.3 is 0 Å². The fourth-order valence-electron chi connectivity index (χ4n) is 3.85. The van der Waals surface area contributed by atoms with Gasteiger partial charge in [-0.25, -0.2) is 0 Å². The summed E-state index contributed by atoms with van der Waals surface area (Å²) in [5.74, 6) is 1.96. The molecule has 2 heterocycles. The van der Waals surface area contributed by atoms with E-state index in [4.69, 9.17) is 4.74 Å². The van der Waals surface area contributed by atoms with E-state index in [0.717, 1.165) is 31.3 Å². The number of benzene rings is 1. The van der Waals surface area contributed by atoms with Crippen LogP contribution in [-0.4, -0.2) is 67.7 Å². The van der Waals surface area contributed by atoms with Crippen LogP contribution in [-0.2, 0) is 0 Å². The highest BCUT2D eigenvalue weighted by Crippen LogP contribution is 2.20. The number of hydrogen-bond donors (Lipinski definition) is 1. The Bertz CT molecular complexity index is 589. The topological polar surface area (TPSA) is 40.1 Å². The van der Waals surface area contributed by atoms with Gasteiger partial charge in [-0.05, 0) is 57.8 Å². The molecular weight excluding hydrogens is 439 g/mol. The van der Waals surface area contributed by atoms with Crippen molar-refractivity contribution in [2.45, 2.75) is 45.3 Å². The molecule has 1 aromatic rings. The number of para-hydroxylation sites is 1. The van der Waals surface area contributed by atoms with Crippen LogP contribution in [0.2, 0.25) is 0 Å². The van der Waals surface area contributed by atoms with E-state index >= 15 is 0 Å². The average molecular weight is 472 g/mol. The molecule has 2 aliphatic rings. The van der Waals surface area contributed by atoms with Gasteiger partial charge in [-0.3, -0.25) is 9.89 Å². The highest BCUT2D eigenvalue weighted by molar-refractivity contribution is 14.0. The summed E-state index contributed by atoms with van der Waals surface area (Å²) in [5, 5.41) is 3.49. The zero-order chi connectivity index (χ0) is 17.6. The Kier molecular flexibility index (Phi) is 8.47. The number of nitrogens with zero attached hydrogens (tertiary/aromatic N) is 3. The molecular formula is C20H33IN4O. The number of aryl methyl sites for hydroxylation is 1. The maximum Gasteiger partial charge on any atom is 0.193 e. The van der Waals surface area contributed by atoms with Crippen LogP contribution in [0.25, 0.3) is 0 Å². The maximum atomic E-state index is 6.06. The lowest BCUT2D eigenvalue weighted by Crippen LogP contribution is -2.45. The molecule has 5 nitrogen and oxygen atoms in total. The van der Waals surface area contributed by atoms with Gasteiger partial charge in [-0.2, -0.15) is 0 Å². The van der Waals surface area contributed by atoms with Gasteiger partial charge in [0.15, 0.2) is 5.96 Å². The Morgan fingerprint density at radius 1 is 1.27 bits per heavy atom. The predicted octanol–water partition coefficient (Wildman–Crippen LogP) is 3.13. The van der Waals surface area contributed by atoms with Crippen LogP contribution in [0.5, 0.6) is 5.75 Å². The van der Waals surface area contributed by atoms with Crippen molar-refractivity contribution >= 4 is 29.9 Å². The van der Waals surface area contributed by atoms with E-state index in [1.807, 2.05) is 25.2 Å². The summed E-state index contributed by atoms with van der Waals surface area (Å²) in [4.78, 5) is 9.53. The van der Waals surface area contributed by atoms with E-state index in [1.54, 1.807) is 0 Å². The molecule has 6 heteroatoms. The first kappa shape index (κ1) is 21.3. The van der Waals surface area contributed by atoms with Gasteiger partial charge in [0.25, 0.3) is 0 Å². The van der Waals surface area contributed by atoms with Crippen LogP contribution in [0.15, 0.2) is 29.3 Å². The highest BCUT2D eigenvalue weighted by atomic mass is 127. The Balaban J connectivity index is 0.00000243. The molecule has 1 N–H and O–H groups in total. The third-order valence-corrected chi connectivity index (χ3v) is 5.30. The van der Waals surface area contributed by atoms with E-state index in [2.05, 4.69) is 40.0 Å². The molecule has 3 rings (SSSR count). The van der Waals surface area contributed by atoms with Gasteiger partial charge in [0.05, 0.1) is 6.54 Å². The summed E-state index contributed by atoms with van der Waals surface area (Å²) in [7, 11) is 1.87. The van der Waals surface area contributed by atoms with Crippen molar-refractivity contribution in [3.05, 3.63) is 29.8 Å². The predicted molar refractivity (Wildman–Crippen MR) is 119 cm³/mol. The Morgan fingerprint density at radius 2 is 2.00 bits per heavy atom. The number of likely N-dealkylation sites (tertiary alicyclic amines) is 2. The number of guanidine groups is 1. The number of nitrogens with one attached hydrogen (secondary N) is 1. The van der Waals surface area contributed by atoms with Crippen molar-refractivity contribution < 1.29 is 4.74 Å².